The molecule has 0 aliphatic carbocycles. The van der Waals surface area contributed by atoms with Crippen LogP contribution in [0.25, 0.3) is 0 Å². The first kappa shape index (κ1) is 29.7. The Kier molecular flexibility index (Phi) is 8.03. The van der Waals surface area contributed by atoms with Gasteiger partial charge in [0.15, 0.2) is 0 Å². The summed E-state index contributed by atoms with van der Waals surface area (Å²) in [6.45, 7) is 7.62. The van der Waals surface area contributed by atoms with Gasteiger partial charge in [0.1, 0.15) is 6.04 Å². The Balaban J connectivity index is 1.44. The van der Waals surface area contributed by atoms with Crippen molar-refractivity contribution in [2.75, 3.05) is 19.7 Å². The van der Waals surface area contributed by atoms with E-state index in [2.05, 4.69) is 12.2 Å². The van der Waals surface area contributed by atoms with Crippen LogP contribution in [0.5, 0.6) is 0 Å². The summed E-state index contributed by atoms with van der Waals surface area (Å²) in [5.41, 5.74) is 2.04. The Labute approximate surface area is 258 Å². The fourth-order valence-electron chi connectivity index (χ4n) is 7.62. The number of nitrogens with zero attached hydrogens (tertiary/aromatic N) is 3. The Bertz CT molecular complexity index is 1430. The second kappa shape index (κ2) is 11.6. The smallest absolute Gasteiger partial charge is 0.247 e. The third kappa shape index (κ3) is 4.92. The first-order valence-corrected chi connectivity index (χ1v) is 16.2. The van der Waals surface area contributed by atoms with E-state index in [0.29, 0.717) is 26.2 Å². The summed E-state index contributed by atoms with van der Waals surface area (Å²) in [5.74, 6) is -1.78. The highest BCUT2D eigenvalue weighted by Gasteiger charge is 2.74. The van der Waals surface area contributed by atoms with Gasteiger partial charge in [-0.05, 0) is 24.0 Å². The second-order valence-corrected chi connectivity index (χ2v) is 14.4. The molecule has 0 saturated carbocycles. The first-order chi connectivity index (χ1) is 20.7. The lowest BCUT2D eigenvalue weighted by molar-refractivity contribution is -0.148. The van der Waals surface area contributed by atoms with Crippen LogP contribution < -0.4 is 0 Å². The van der Waals surface area contributed by atoms with Crippen molar-refractivity contribution in [3.8, 4) is 0 Å². The topological polar surface area (TPSA) is 81.2 Å². The van der Waals surface area contributed by atoms with Crippen LogP contribution in [0.4, 0.5) is 0 Å². The highest BCUT2D eigenvalue weighted by atomic mass is 32.2. The van der Waals surface area contributed by atoms with Crippen molar-refractivity contribution in [2.45, 2.75) is 61.9 Å². The van der Waals surface area contributed by atoms with Gasteiger partial charge in [-0.1, -0.05) is 105 Å². The quantitative estimate of drug-likeness (QED) is 0.459. The standard InChI is InChI=1S/C35H41N3O4S/c1-4-24(2)27(23-39)38-30-33(42)37(22-26-15-9-6-10-16-26)20-12-18-35(30)29(32(38)41)28-31(40)36(19-11-17-34(28,3)43-35)21-25-13-7-5-8-14-25/h5-18,24,27-30,39H,4,19-23H2,1-3H3/t24-,27-,28-,29-,30?,34+,35-/m0/s1. The summed E-state index contributed by atoms with van der Waals surface area (Å²) < 4.78 is -1.60. The molecule has 7 nitrogen and oxygen atoms in total. The van der Waals surface area contributed by atoms with E-state index < -0.39 is 33.4 Å². The average molecular weight is 600 g/mol. The third-order valence-electron chi connectivity index (χ3n) is 9.94. The van der Waals surface area contributed by atoms with Gasteiger partial charge in [-0.2, -0.15) is 0 Å². The lowest BCUT2D eigenvalue weighted by Crippen LogP contribution is -2.58. The molecule has 7 atom stereocenters. The molecule has 1 unspecified atom stereocenters. The zero-order valence-electron chi connectivity index (χ0n) is 25.1. The summed E-state index contributed by atoms with van der Waals surface area (Å²) in [6, 6.07) is 18.4. The molecule has 1 N–H and O–H groups in total. The van der Waals surface area contributed by atoms with Gasteiger partial charge in [-0.15, -0.1) is 11.8 Å². The predicted molar refractivity (Wildman–Crippen MR) is 169 cm³/mol. The van der Waals surface area contributed by atoms with Crippen LogP contribution in [0.2, 0.25) is 0 Å². The van der Waals surface area contributed by atoms with Crippen LogP contribution in [0, 0.1) is 17.8 Å². The maximum atomic E-state index is 14.8. The van der Waals surface area contributed by atoms with Crippen LogP contribution in [0.3, 0.4) is 0 Å². The molecule has 226 valence electrons. The van der Waals surface area contributed by atoms with E-state index in [1.54, 1.807) is 16.7 Å². The zero-order chi connectivity index (χ0) is 30.4. The van der Waals surface area contributed by atoms with Crippen LogP contribution in [0.1, 0.15) is 38.3 Å². The van der Waals surface area contributed by atoms with Gasteiger partial charge in [0.2, 0.25) is 17.7 Å². The minimum Gasteiger partial charge on any atom is -0.394 e. The Morgan fingerprint density at radius 2 is 1.40 bits per heavy atom. The molecule has 0 aromatic heterocycles. The summed E-state index contributed by atoms with van der Waals surface area (Å²) >= 11 is 1.59. The molecule has 4 heterocycles. The Morgan fingerprint density at radius 3 is 1.95 bits per heavy atom. The van der Waals surface area contributed by atoms with Gasteiger partial charge in [0, 0.05) is 30.9 Å². The van der Waals surface area contributed by atoms with Crippen molar-refractivity contribution in [2.24, 2.45) is 17.8 Å². The van der Waals surface area contributed by atoms with E-state index in [4.69, 9.17) is 0 Å². The van der Waals surface area contributed by atoms with Crippen LogP contribution in [-0.2, 0) is 27.5 Å². The van der Waals surface area contributed by atoms with Crippen LogP contribution in [0.15, 0.2) is 85.0 Å². The maximum Gasteiger partial charge on any atom is 0.247 e. The van der Waals surface area contributed by atoms with Crippen molar-refractivity contribution in [3.63, 3.8) is 0 Å². The van der Waals surface area contributed by atoms with Gasteiger partial charge in [0.25, 0.3) is 0 Å². The predicted octanol–water partition coefficient (Wildman–Crippen LogP) is 4.28. The number of aliphatic hydroxyl groups excluding tert-OH is 1. The molecule has 1 spiro atoms. The molecule has 6 rings (SSSR count). The fourth-order valence-corrected chi connectivity index (χ4v) is 9.77. The normalized spacial score (nSPS) is 31.4. The highest BCUT2D eigenvalue weighted by molar-refractivity contribution is 8.02. The summed E-state index contributed by atoms with van der Waals surface area (Å²) in [4.78, 5) is 49.4. The number of hydrogen-bond donors (Lipinski definition) is 1. The molecule has 43 heavy (non-hydrogen) atoms. The molecule has 0 radical (unpaired) electrons. The monoisotopic (exact) mass is 599 g/mol. The molecule has 4 aliphatic rings. The van der Waals surface area contributed by atoms with E-state index in [0.717, 1.165) is 17.5 Å². The van der Waals surface area contributed by atoms with E-state index in [-0.39, 0.29) is 30.2 Å². The van der Waals surface area contributed by atoms with Crippen molar-refractivity contribution in [1.29, 1.82) is 0 Å². The number of rotatable bonds is 8. The molecule has 8 heteroatoms. The Hall–Kier alpha value is -3.36. The molecule has 0 bridgehead atoms. The molecule has 3 amide bonds. The number of thioether (sulfide) groups is 1. The van der Waals surface area contributed by atoms with Crippen molar-refractivity contribution in [3.05, 3.63) is 96.1 Å². The van der Waals surface area contributed by atoms with E-state index in [1.807, 2.05) is 103 Å². The molecule has 4 aliphatic heterocycles. The number of benzene rings is 2. The van der Waals surface area contributed by atoms with E-state index in [1.165, 1.54) is 0 Å². The number of carbonyl (C=O) groups is 3. The molecule has 2 saturated heterocycles. The lowest BCUT2D eigenvalue weighted by Gasteiger charge is -2.41. The zero-order valence-corrected chi connectivity index (χ0v) is 26.0. The van der Waals surface area contributed by atoms with Crippen molar-refractivity contribution < 1.29 is 19.5 Å². The van der Waals surface area contributed by atoms with Gasteiger partial charge >= 0.3 is 0 Å². The fraction of sp³-hybridized carbons (Fsp3) is 0.457. The van der Waals surface area contributed by atoms with Crippen molar-refractivity contribution in [1.82, 2.24) is 14.7 Å². The third-order valence-corrected chi connectivity index (χ3v) is 11.7. The summed E-state index contributed by atoms with van der Waals surface area (Å²) in [6.07, 6.45) is 8.96. The molecule has 2 aromatic carbocycles. The Morgan fingerprint density at radius 1 is 0.837 bits per heavy atom. The van der Waals surface area contributed by atoms with Gasteiger partial charge in [-0.3, -0.25) is 14.4 Å². The van der Waals surface area contributed by atoms with Gasteiger partial charge in [0.05, 0.1) is 29.2 Å². The molecular weight excluding hydrogens is 558 g/mol. The highest BCUT2D eigenvalue weighted by Crippen LogP contribution is 2.66. The minimum absolute atomic E-state index is 0.0249. The minimum atomic E-state index is -0.935. The number of likely N-dealkylation sites (tertiary alicyclic amines) is 1. The van der Waals surface area contributed by atoms with Crippen LogP contribution in [-0.4, -0.2) is 78.8 Å². The number of hydrogen-bond acceptors (Lipinski definition) is 5. The molecule has 2 aromatic rings. The van der Waals surface area contributed by atoms with Gasteiger partial charge < -0.3 is 19.8 Å². The van der Waals surface area contributed by atoms with Gasteiger partial charge in [-0.25, -0.2) is 0 Å². The van der Waals surface area contributed by atoms with E-state index in [9.17, 15) is 19.5 Å². The van der Waals surface area contributed by atoms with Crippen LogP contribution >= 0.6 is 11.8 Å². The number of amides is 3. The lowest BCUT2D eigenvalue weighted by atomic mass is 9.74. The number of fused-ring (bicyclic) bond motifs is 2. The van der Waals surface area contributed by atoms with E-state index >= 15 is 0 Å². The summed E-state index contributed by atoms with van der Waals surface area (Å²) in [7, 11) is 0. The SMILES string of the molecule is CC[C@H](C)[C@H](CO)N1C(=O)[C@@H]2[C@H]3C(=O)N(Cc4ccccc4)CC=C[C@@]3(C)S[C@@]23C=CCN(Cc2ccccc2)C(=O)C13. The van der Waals surface area contributed by atoms with Crippen molar-refractivity contribution >= 4 is 29.5 Å². The maximum absolute atomic E-state index is 14.8. The molecule has 2 fully saturated rings. The average Bonchev–Trinajstić information content (AvgIpc) is 3.29. The number of aliphatic hydroxyl groups is 1. The molecular formula is C35H41N3O4S. The summed E-state index contributed by atoms with van der Waals surface area (Å²) in [5, 5.41) is 10.7. The largest absolute Gasteiger partial charge is 0.394 e. The number of carbonyl (C=O) groups excluding carboxylic acids is 3. The second-order valence-electron chi connectivity index (χ2n) is 12.6. The first-order valence-electron chi connectivity index (χ1n) is 15.4.